The molecule has 1 aliphatic heterocycles. The first-order valence-electron chi connectivity index (χ1n) is 20.1. The summed E-state index contributed by atoms with van der Waals surface area (Å²) in [5.41, 5.74) is 6.72. The fraction of sp³-hybridized carbons (Fsp3) is 0.675. The number of hydrogen-bond acceptors (Lipinski definition) is 12. The lowest BCUT2D eigenvalue weighted by Crippen LogP contribution is -2.28. The summed E-state index contributed by atoms with van der Waals surface area (Å²) in [7, 11) is -4.54. The van der Waals surface area contributed by atoms with Crippen LogP contribution in [0.1, 0.15) is 139 Å². The molecule has 14 nitrogen and oxygen atoms in total. The molecule has 0 amide bonds. The molecule has 1 aliphatic rings. The van der Waals surface area contributed by atoms with E-state index in [4.69, 9.17) is 29.0 Å². The standard InChI is InChI=1S/C40H60N7O7P/c1-2-3-4-5-6-7-8-9-10-11-12-13-14-15-16-17-22-50-28-36(51-27-34-23-33(24-41)25-44-26-34)30-53-55(48,49)52-29-35-20-21-40(31-42,54-35)38-19-18-37-39(43)45-32-46-47(37)38/h18-19,23,25-26,32,35-36H,2-17,20-22,27-30H2,1H3,(H,48,49)(H2,43,45,46)/t35-,36+,40-/m0/s1. The normalized spacial score (nSPS) is 18.6. The number of unbranched alkanes of at least 4 members (excludes halogenated alkanes) is 15. The maximum Gasteiger partial charge on any atom is 0.472 e. The Hall–Kier alpha value is -3.46. The van der Waals surface area contributed by atoms with Gasteiger partial charge in [0, 0.05) is 19.0 Å². The molecule has 55 heavy (non-hydrogen) atoms. The molecule has 3 aromatic heterocycles. The minimum absolute atomic E-state index is 0.104. The number of nitrogens with zero attached hydrogens (tertiary/aromatic N) is 6. The Kier molecular flexibility index (Phi) is 19.5. The fourth-order valence-electron chi connectivity index (χ4n) is 6.82. The summed E-state index contributed by atoms with van der Waals surface area (Å²) < 4.78 is 43.1. The minimum Gasteiger partial charge on any atom is -0.382 e. The molecule has 1 fully saturated rings. The molecule has 1 unspecified atom stereocenters. The van der Waals surface area contributed by atoms with Gasteiger partial charge in [0.15, 0.2) is 11.4 Å². The van der Waals surface area contributed by atoms with Crippen molar-refractivity contribution >= 4 is 19.2 Å². The first-order chi connectivity index (χ1) is 26.8. The van der Waals surface area contributed by atoms with Gasteiger partial charge in [-0.25, -0.2) is 14.1 Å². The molecule has 0 radical (unpaired) electrons. The number of hydrogen-bond donors (Lipinski definition) is 2. The molecule has 4 atom stereocenters. The fourth-order valence-corrected chi connectivity index (χ4v) is 7.60. The zero-order chi connectivity index (χ0) is 39.2. The highest BCUT2D eigenvalue weighted by molar-refractivity contribution is 7.47. The average molecular weight is 782 g/mol. The number of phosphoric acid groups is 1. The number of nitriles is 2. The van der Waals surface area contributed by atoms with Crippen molar-refractivity contribution in [1.82, 2.24) is 19.6 Å². The third-order valence-corrected chi connectivity index (χ3v) is 10.9. The average Bonchev–Trinajstić information content (AvgIpc) is 3.84. The predicted molar refractivity (Wildman–Crippen MR) is 208 cm³/mol. The molecule has 3 N–H and O–H groups in total. The number of pyridine rings is 1. The van der Waals surface area contributed by atoms with Crippen molar-refractivity contribution in [2.75, 3.05) is 32.2 Å². The summed E-state index contributed by atoms with van der Waals surface area (Å²) in [6.45, 7) is 2.49. The Morgan fingerprint density at radius 3 is 2.31 bits per heavy atom. The van der Waals surface area contributed by atoms with Crippen LogP contribution < -0.4 is 5.73 Å². The van der Waals surface area contributed by atoms with E-state index >= 15 is 0 Å². The largest absolute Gasteiger partial charge is 0.472 e. The highest BCUT2D eigenvalue weighted by Gasteiger charge is 2.45. The molecular formula is C40H60N7O7P. The number of nitrogen functional groups attached to an aromatic ring is 1. The van der Waals surface area contributed by atoms with Crippen LogP contribution in [0, 0.1) is 22.7 Å². The van der Waals surface area contributed by atoms with Crippen LogP contribution >= 0.6 is 7.82 Å². The zero-order valence-corrected chi connectivity index (χ0v) is 33.4. The maximum absolute atomic E-state index is 13.0. The summed E-state index contributed by atoms with van der Waals surface area (Å²) in [4.78, 5) is 18.6. The monoisotopic (exact) mass is 781 g/mol. The van der Waals surface area contributed by atoms with Crippen molar-refractivity contribution < 1.29 is 32.7 Å². The lowest BCUT2D eigenvalue weighted by Gasteiger charge is -2.23. The second kappa shape index (κ2) is 24.2. The van der Waals surface area contributed by atoms with Gasteiger partial charge in [0.1, 0.15) is 30.1 Å². The Morgan fingerprint density at radius 2 is 1.65 bits per heavy atom. The van der Waals surface area contributed by atoms with E-state index in [1.165, 1.54) is 107 Å². The Morgan fingerprint density at radius 1 is 0.982 bits per heavy atom. The van der Waals surface area contributed by atoms with E-state index in [0.29, 0.717) is 41.8 Å². The minimum atomic E-state index is -4.54. The van der Waals surface area contributed by atoms with E-state index in [9.17, 15) is 20.0 Å². The summed E-state index contributed by atoms with van der Waals surface area (Å²) >= 11 is 0. The van der Waals surface area contributed by atoms with Crippen molar-refractivity contribution in [3.05, 3.63) is 53.7 Å². The molecular weight excluding hydrogens is 721 g/mol. The lowest BCUT2D eigenvalue weighted by molar-refractivity contribution is -0.0560. The molecule has 1 saturated heterocycles. The number of rotatable bonds is 29. The lowest BCUT2D eigenvalue weighted by atomic mass is 9.98. The molecule has 4 heterocycles. The number of nitrogens with two attached hydrogens (primary N) is 1. The summed E-state index contributed by atoms with van der Waals surface area (Å²) in [6.07, 6.45) is 24.4. The third-order valence-electron chi connectivity index (χ3n) is 9.97. The summed E-state index contributed by atoms with van der Waals surface area (Å²) in [6, 6.07) is 9.39. The van der Waals surface area contributed by atoms with Crippen LogP contribution in [0.15, 0.2) is 36.9 Å². The molecule has 3 aromatic rings. The van der Waals surface area contributed by atoms with Gasteiger partial charge in [0.2, 0.25) is 0 Å². The highest BCUT2D eigenvalue weighted by atomic mass is 31.2. The number of aromatic nitrogens is 4. The van der Waals surface area contributed by atoms with Gasteiger partial charge in [0.05, 0.1) is 43.8 Å². The van der Waals surface area contributed by atoms with Crippen molar-refractivity contribution in [3.8, 4) is 12.1 Å². The van der Waals surface area contributed by atoms with Gasteiger partial charge in [0.25, 0.3) is 0 Å². The van der Waals surface area contributed by atoms with Crippen LogP contribution in [0.2, 0.25) is 0 Å². The van der Waals surface area contributed by atoms with Crippen molar-refractivity contribution in [2.45, 2.75) is 147 Å². The Balaban J connectivity index is 1.14. The number of ether oxygens (including phenoxy) is 3. The third kappa shape index (κ3) is 15.2. The van der Waals surface area contributed by atoms with Crippen LogP contribution in [0.4, 0.5) is 5.82 Å². The van der Waals surface area contributed by atoms with Gasteiger partial charge in [-0.15, -0.1) is 0 Å². The first-order valence-corrected chi connectivity index (χ1v) is 21.6. The Bertz CT molecular complexity index is 1700. The summed E-state index contributed by atoms with van der Waals surface area (Å²) in [5.74, 6) is 0.269. The van der Waals surface area contributed by atoms with Gasteiger partial charge in [-0.3, -0.25) is 14.0 Å². The van der Waals surface area contributed by atoms with Crippen molar-refractivity contribution in [3.63, 3.8) is 0 Å². The molecule has 15 heteroatoms. The van der Waals surface area contributed by atoms with E-state index in [0.717, 1.165) is 12.8 Å². The molecule has 4 rings (SSSR count). The van der Waals surface area contributed by atoms with Crippen LogP contribution in [-0.4, -0.2) is 63.1 Å². The van der Waals surface area contributed by atoms with Crippen molar-refractivity contribution in [1.29, 1.82) is 10.5 Å². The van der Waals surface area contributed by atoms with Gasteiger partial charge in [-0.1, -0.05) is 103 Å². The van der Waals surface area contributed by atoms with E-state index in [-0.39, 0.29) is 32.2 Å². The second-order valence-corrected chi connectivity index (χ2v) is 15.9. The number of fused-ring (bicyclic) bond motifs is 1. The van der Waals surface area contributed by atoms with E-state index in [1.807, 2.05) is 0 Å². The smallest absolute Gasteiger partial charge is 0.382 e. The number of phosphoric ester groups is 1. The topological polar surface area (TPSA) is 200 Å². The SMILES string of the molecule is CCCCCCCCCCCCCCCCCCOC[C@H](COP(=O)(O)OC[C@@H]1CC[C@](C#N)(c2ccc3c(N)ncnn23)O1)OCc1cncc(C#N)c1. The van der Waals surface area contributed by atoms with Crippen molar-refractivity contribution in [2.24, 2.45) is 0 Å². The highest BCUT2D eigenvalue weighted by Crippen LogP contribution is 2.46. The predicted octanol–water partition coefficient (Wildman–Crippen LogP) is 8.47. The van der Waals surface area contributed by atoms with Crippen LogP contribution in [0.5, 0.6) is 0 Å². The van der Waals surface area contributed by atoms with Crippen LogP contribution in [0.3, 0.4) is 0 Å². The molecule has 0 saturated carbocycles. The summed E-state index contributed by atoms with van der Waals surface area (Å²) in [5, 5.41) is 23.6. The molecule has 0 aromatic carbocycles. The van der Waals surface area contributed by atoms with E-state index < -0.39 is 25.6 Å². The maximum atomic E-state index is 13.0. The van der Waals surface area contributed by atoms with E-state index in [2.05, 4.69) is 34.1 Å². The molecule has 0 aliphatic carbocycles. The zero-order valence-electron chi connectivity index (χ0n) is 32.5. The van der Waals surface area contributed by atoms with Gasteiger partial charge in [-0.2, -0.15) is 15.6 Å². The van der Waals surface area contributed by atoms with Gasteiger partial charge in [-0.05, 0) is 43.0 Å². The van der Waals surface area contributed by atoms with Crippen LogP contribution in [-0.2, 0) is 40.0 Å². The Labute approximate surface area is 326 Å². The van der Waals surface area contributed by atoms with Gasteiger partial charge < -0.3 is 24.8 Å². The van der Waals surface area contributed by atoms with Gasteiger partial charge >= 0.3 is 7.82 Å². The van der Waals surface area contributed by atoms with E-state index in [1.54, 1.807) is 24.4 Å². The molecule has 0 bridgehead atoms. The first kappa shape index (κ1) is 44.3. The molecule has 0 spiro atoms. The quantitative estimate of drug-likeness (QED) is 0.0502. The molecule has 302 valence electrons. The number of anilines is 1. The van der Waals surface area contributed by atoms with Crippen LogP contribution in [0.25, 0.3) is 5.52 Å². The second-order valence-electron chi connectivity index (χ2n) is 14.4.